The van der Waals surface area contributed by atoms with E-state index >= 15 is 0 Å². The van der Waals surface area contributed by atoms with Crippen LogP contribution in [0.5, 0.6) is 5.75 Å². The van der Waals surface area contributed by atoms with Gasteiger partial charge < -0.3 is 4.74 Å². The molecule has 2 nitrogen and oxygen atoms in total. The fraction of sp³-hybridized carbons (Fsp3) is 0.316. The monoisotopic (exact) mass is 282 g/mol. The summed E-state index contributed by atoms with van der Waals surface area (Å²) < 4.78 is 5.61. The molecule has 0 aliphatic rings. The molecule has 110 valence electrons. The first-order valence-electron chi connectivity index (χ1n) is 7.46. The van der Waals surface area contributed by atoms with Crippen LogP contribution >= 0.6 is 0 Å². The fourth-order valence-electron chi connectivity index (χ4n) is 2.20. The van der Waals surface area contributed by atoms with E-state index in [9.17, 15) is 4.79 Å². The third-order valence-corrected chi connectivity index (χ3v) is 3.47. The van der Waals surface area contributed by atoms with Gasteiger partial charge in [0.15, 0.2) is 0 Å². The smallest absolute Gasteiger partial charge is 0.140 e. The number of hydrogen-bond donors (Lipinski definition) is 0. The molecule has 0 bridgehead atoms. The minimum Gasteiger partial charge on any atom is -0.493 e. The molecule has 0 atom stereocenters. The number of ketones is 1. The minimum atomic E-state index is 0.215. The van der Waals surface area contributed by atoms with Crippen molar-refractivity contribution in [1.29, 1.82) is 0 Å². The highest BCUT2D eigenvalue weighted by Crippen LogP contribution is 2.13. The van der Waals surface area contributed by atoms with Crippen molar-refractivity contribution in [2.24, 2.45) is 0 Å². The zero-order valence-electron chi connectivity index (χ0n) is 12.8. The van der Waals surface area contributed by atoms with Crippen LogP contribution in [0.1, 0.15) is 30.0 Å². The highest BCUT2D eigenvalue weighted by atomic mass is 16.5. The van der Waals surface area contributed by atoms with Gasteiger partial charge in [-0.05, 0) is 42.2 Å². The van der Waals surface area contributed by atoms with Gasteiger partial charge in [-0.1, -0.05) is 43.3 Å². The molecule has 2 rings (SSSR count). The molecule has 0 unspecified atom stereocenters. The van der Waals surface area contributed by atoms with E-state index in [1.807, 2.05) is 43.3 Å². The van der Waals surface area contributed by atoms with E-state index in [1.54, 1.807) is 0 Å². The molecule has 0 saturated heterocycles. The number of benzene rings is 2. The van der Waals surface area contributed by atoms with E-state index in [1.165, 1.54) is 5.56 Å². The summed E-state index contributed by atoms with van der Waals surface area (Å²) in [6.07, 6.45) is 1.96. The van der Waals surface area contributed by atoms with Gasteiger partial charge in [0.1, 0.15) is 11.5 Å². The molecule has 0 saturated carbocycles. The second-order valence-corrected chi connectivity index (χ2v) is 5.30. The maximum atomic E-state index is 11.9. The second-order valence-electron chi connectivity index (χ2n) is 5.30. The van der Waals surface area contributed by atoms with Gasteiger partial charge in [-0.25, -0.2) is 0 Å². The van der Waals surface area contributed by atoms with Crippen LogP contribution in [-0.4, -0.2) is 12.4 Å². The quantitative estimate of drug-likeness (QED) is 0.763. The molecule has 2 aromatic rings. The summed E-state index contributed by atoms with van der Waals surface area (Å²) in [6, 6.07) is 16.1. The summed E-state index contributed by atoms with van der Waals surface area (Å²) in [5, 5.41) is 0. The van der Waals surface area contributed by atoms with Crippen LogP contribution in [0.3, 0.4) is 0 Å². The third-order valence-electron chi connectivity index (χ3n) is 3.47. The number of ether oxygens (including phenoxy) is 1. The van der Waals surface area contributed by atoms with Gasteiger partial charge in [-0.15, -0.1) is 0 Å². The normalized spacial score (nSPS) is 10.4. The van der Waals surface area contributed by atoms with Gasteiger partial charge in [-0.2, -0.15) is 0 Å². The molecule has 21 heavy (non-hydrogen) atoms. The van der Waals surface area contributed by atoms with Crippen LogP contribution < -0.4 is 4.74 Å². The summed E-state index contributed by atoms with van der Waals surface area (Å²) >= 11 is 0. The van der Waals surface area contributed by atoms with Crippen molar-refractivity contribution >= 4 is 5.78 Å². The Balaban J connectivity index is 1.76. The Morgan fingerprint density at radius 1 is 1.05 bits per heavy atom. The van der Waals surface area contributed by atoms with Gasteiger partial charge in [-0.3, -0.25) is 4.79 Å². The van der Waals surface area contributed by atoms with Crippen molar-refractivity contribution in [3.8, 4) is 5.75 Å². The largest absolute Gasteiger partial charge is 0.493 e. The molecular formula is C19H22O2. The fourth-order valence-corrected chi connectivity index (χ4v) is 2.20. The maximum absolute atomic E-state index is 11.9. The number of aryl methyl sites for hydroxylation is 2. The number of carbonyl (C=O) groups is 1. The van der Waals surface area contributed by atoms with Crippen molar-refractivity contribution in [2.75, 3.05) is 6.61 Å². The van der Waals surface area contributed by atoms with E-state index in [0.29, 0.717) is 19.4 Å². The maximum Gasteiger partial charge on any atom is 0.140 e. The van der Waals surface area contributed by atoms with Gasteiger partial charge in [0.05, 0.1) is 6.61 Å². The van der Waals surface area contributed by atoms with E-state index in [-0.39, 0.29) is 5.78 Å². The van der Waals surface area contributed by atoms with Gasteiger partial charge in [0.25, 0.3) is 0 Å². The molecule has 0 amide bonds. The lowest BCUT2D eigenvalue weighted by Crippen LogP contribution is -2.09. The summed E-state index contributed by atoms with van der Waals surface area (Å²) in [5.74, 6) is 1.04. The van der Waals surface area contributed by atoms with E-state index in [0.717, 1.165) is 23.3 Å². The molecule has 0 fully saturated rings. The van der Waals surface area contributed by atoms with Gasteiger partial charge in [0.2, 0.25) is 0 Å². The topological polar surface area (TPSA) is 26.3 Å². The first kappa shape index (κ1) is 15.3. The van der Waals surface area contributed by atoms with Crippen molar-refractivity contribution in [3.05, 3.63) is 65.2 Å². The van der Waals surface area contributed by atoms with Crippen LogP contribution in [0.4, 0.5) is 0 Å². The van der Waals surface area contributed by atoms with E-state index < -0.39 is 0 Å². The zero-order chi connectivity index (χ0) is 15.1. The van der Waals surface area contributed by atoms with Crippen LogP contribution in [0.15, 0.2) is 48.5 Å². The Hall–Kier alpha value is -2.09. The number of hydrogen-bond acceptors (Lipinski definition) is 2. The SMILES string of the molecule is CCc1ccc(CC(=O)CCOc2cccc(C)c2)cc1. The molecule has 0 radical (unpaired) electrons. The number of Topliss-reactive ketones (excluding diaryl/α,β-unsaturated/α-hetero) is 1. The first-order valence-corrected chi connectivity index (χ1v) is 7.46. The van der Waals surface area contributed by atoms with Crippen molar-refractivity contribution < 1.29 is 9.53 Å². The highest BCUT2D eigenvalue weighted by Gasteiger charge is 2.04. The van der Waals surface area contributed by atoms with E-state index in [2.05, 4.69) is 19.1 Å². The summed E-state index contributed by atoms with van der Waals surface area (Å²) in [6.45, 7) is 4.59. The Bertz CT molecular complexity index is 585. The minimum absolute atomic E-state index is 0.215. The van der Waals surface area contributed by atoms with Crippen LogP contribution in [-0.2, 0) is 17.6 Å². The average Bonchev–Trinajstić information content (AvgIpc) is 2.48. The second kappa shape index (κ2) is 7.63. The Morgan fingerprint density at radius 3 is 2.43 bits per heavy atom. The third kappa shape index (κ3) is 5.07. The van der Waals surface area contributed by atoms with E-state index in [4.69, 9.17) is 4.74 Å². The first-order chi connectivity index (χ1) is 10.2. The Kier molecular flexibility index (Phi) is 5.56. The van der Waals surface area contributed by atoms with Gasteiger partial charge in [0, 0.05) is 12.8 Å². The molecule has 2 aromatic carbocycles. The molecule has 2 heteroatoms. The van der Waals surface area contributed by atoms with Crippen LogP contribution in [0.2, 0.25) is 0 Å². The molecule has 0 heterocycles. The lowest BCUT2D eigenvalue weighted by Gasteiger charge is -2.07. The van der Waals surface area contributed by atoms with Crippen LogP contribution in [0, 0.1) is 6.92 Å². The number of rotatable bonds is 7. The van der Waals surface area contributed by atoms with Gasteiger partial charge >= 0.3 is 0 Å². The standard InChI is InChI=1S/C19H22O2/c1-3-16-7-9-17(10-8-16)14-18(20)11-12-21-19-6-4-5-15(2)13-19/h4-10,13H,3,11-12,14H2,1-2H3. The Labute approximate surface area is 126 Å². The summed E-state index contributed by atoms with van der Waals surface area (Å²) in [5.41, 5.74) is 3.54. The predicted octanol–water partition coefficient (Wildman–Crippen LogP) is 4.14. The average molecular weight is 282 g/mol. The Morgan fingerprint density at radius 2 is 1.76 bits per heavy atom. The van der Waals surface area contributed by atoms with Crippen LogP contribution in [0.25, 0.3) is 0 Å². The summed E-state index contributed by atoms with van der Waals surface area (Å²) in [4.78, 5) is 11.9. The molecular weight excluding hydrogens is 260 g/mol. The molecule has 0 aromatic heterocycles. The highest BCUT2D eigenvalue weighted by molar-refractivity contribution is 5.80. The van der Waals surface area contributed by atoms with Crippen molar-refractivity contribution in [1.82, 2.24) is 0 Å². The summed E-state index contributed by atoms with van der Waals surface area (Å²) in [7, 11) is 0. The molecule has 0 N–H and O–H groups in total. The van der Waals surface area contributed by atoms with Crippen molar-refractivity contribution in [3.63, 3.8) is 0 Å². The lowest BCUT2D eigenvalue weighted by atomic mass is 10.0. The number of carbonyl (C=O) groups excluding carboxylic acids is 1. The van der Waals surface area contributed by atoms with Crippen molar-refractivity contribution in [2.45, 2.75) is 33.1 Å². The molecule has 0 spiro atoms. The lowest BCUT2D eigenvalue weighted by molar-refractivity contribution is -0.118. The molecule has 0 aliphatic carbocycles. The zero-order valence-corrected chi connectivity index (χ0v) is 12.8. The predicted molar refractivity (Wildman–Crippen MR) is 85.8 cm³/mol. The molecule has 0 aliphatic heterocycles.